The summed E-state index contributed by atoms with van der Waals surface area (Å²) in [6.07, 6.45) is 0.859. The molecule has 0 spiro atoms. The van der Waals surface area contributed by atoms with Gasteiger partial charge in [-0.25, -0.2) is 5.10 Å². The fourth-order valence-corrected chi connectivity index (χ4v) is 4.44. The van der Waals surface area contributed by atoms with E-state index in [4.69, 9.17) is 9.47 Å². The van der Waals surface area contributed by atoms with Crippen molar-refractivity contribution in [2.24, 2.45) is 5.92 Å². The second-order valence-corrected chi connectivity index (χ2v) is 8.66. The van der Waals surface area contributed by atoms with Crippen molar-refractivity contribution in [1.29, 1.82) is 0 Å². The average molecular weight is 470 g/mol. The van der Waals surface area contributed by atoms with Gasteiger partial charge in [-0.1, -0.05) is 42.0 Å². The van der Waals surface area contributed by atoms with Gasteiger partial charge in [-0.3, -0.25) is 4.79 Å². The van der Waals surface area contributed by atoms with Crippen molar-refractivity contribution in [2.75, 3.05) is 19.0 Å². The molecule has 8 heteroatoms. The molecule has 1 aliphatic carbocycles. The minimum Gasteiger partial charge on any atom is -0.493 e. The lowest BCUT2D eigenvalue weighted by Crippen LogP contribution is -2.14. The fourth-order valence-electron chi connectivity index (χ4n) is 4.44. The standard InChI is InChI=1S/C27H27N5O3/c1-4-35-24-11-8-18(13-25(24)34-3)20-10-9-19(14-22(20)26-29-31-32-30-26)28-27(33)23-15-21(23)17-7-5-6-16(2)12-17/h5-14,21,23H,4,15H2,1-3H3,(H,28,33)(H,29,30,31,32). The van der Waals surface area contributed by atoms with Gasteiger partial charge in [-0.2, -0.15) is 0 Å². The van der Waals surface area contributed by atoms with Crippen LogP contribution in [-0.2, 0) is 4.79 Å². The molecule has 1 aromatic heterocycles. The summed E-state index contributed by atoms with van der Waals surface area (Å²) in [6.45, 7) is 4.55. The van der Waals surface area contributed by atoms with Crippen LogP contribution in [0.4, 0.5) is 5.69 Å². The number of nitrogens with one attached hydrogen (secondary N) is 2. The Hall–Kier alpha value is -4.20. The maximum Gasteiger partial charge on any atom is 0.228 e. The molecule has 2 unspecified atom stereocenters. The number of H-pyrrole nitrogens is 1. The molecule has 3 aromatic carbocycles. The van der Waals surface area contributed by atoms with E-state index in [1.807, 2.05) is 49.4 Å². The summed E-state index contributed by atoms with van der Waals surface area (Å²) in [4.78, 5) is 13.0. The van der Waals surface area contributed by atoms with Crippen molar-refractivity contribution in [3.63, 3.8) is 0 Å². The zero-order chi connectivity index (χ0) is 24.4. The zero-order valence-corrected chi connectivity index (χ0v) is 19.9. The first-order valence-electron chi connectivity index (χ1n) is 11.6. The molecule has 1 amide bonds. The lowest BCUT2D eigenvalue weighted by molar-refractivity contribution is -0.117. The maximum atomic E-state index is 13.0. The van der Waals surface area contributed by atoms with Gasteiger partial charge in [-0.05, 0) is 77.6 Å². The first kappa shape index (κ1) is 22.6. The number of aryl methyl sites for hydroxylation is 1. The Labute approximate surface area is 203 Å². The molecule has 8 nitrogen and oxygen atoms in total. The summed E-state index contributed by atoms with van der Waals surface area (Å²) >= 11 is 0. The lowest BCUT2D eigenvalue weighted by Gasteiger charge is -2.14. The van der Waals surface area contributed by atoms with Crippen molar-refractivity contribution >= 4 is 11.6 Å². The molecule has 0 bridgehead atoms. The first-order chi connectivity index (χ1) is 17.1. The van der Waals surface area contributed by atoms with E-state index in [1.165, 1.54) is 11.1 Å². The average Bonchev–Trinajstić information content (AvgIpc) is 3.49. The number of rotatable bonds is 8. The third-order valence-electron chi connectivity index (χ3n) is 6.26. The van der Waals surface area contributed by atoms with E-state index in [0.29, 0.717) is 29.6 Å². The fraction of sp³-hybridized carbons (Fsp3) is 0.259. The van der Waals surface area contributed by atoms with Crippen LogP contribution in [0, 0.1) is 12.8 Å². The highest BCUT2D eigenvalue weighted by molar-refractivity contribution is 5.96. The Morgan fingerprint density at radius 2 is 1.97 bits per heavy atom. The molecule has 1 aliphatic rings. The van der Waals surface area contributed by atoms with Crippen LogP contribution in [0.25, 0.3) is 22.5 Å². The smallest absolute Gasteiger partial charge is 0.228 e. The highest BCUT2D eigenvalue weighted by Crippen LogP contribution is 2.48. The number of methoxy groups -OCH3 is 1. The second-order valence-electron chi connectivity index (χ2n) is 8.66. The Kier molecular flexibility index (Phi) is 6.18. The highest BCUT2D eigenvalue weighted by Gasteiger charge is 2.44. The highest BCUT2D eigenvalue weighted by atomic mass is 16.5. The van der Waals surface area contributed by atoms with Crippen LogP contribution in [0.1, 0.15) is 30.4 Å². The summed E-state index contributed by atoms with van der Waals surface area (Å²) < 4.78 is 11.2. The van der Waals surface area contributed by atoms with Gasteiger partial charge < -0.3 is 14.8 Å². The summed E-state index contributed by atoms with van der Waals surface area (Å²) in [5.74, 6) is 2.09. The van der Waals surface area contributed by atoms with Gasteiger partial charge in [0.15, 0.2) is 17.3 Å². The van der Waals surface area contributed by atoms with Crippen molar-refractivity contribution in [2.45, 2.75) is 26.2 Å². The summed E-state index contributed by atoms with van der Waals surface area (Å²) in [5, 5.41) is 17.5. The van der Waals surface area contributed by atoms with E-state index >= 15 is 0 Å². The molecular weight excluding hydrogens is 442 g/mol. The summed E-state index contributed by atoms with van der Waals surface area (Å²) in [5.41, 5.74) is 5.70. The van der Waals surface area contributed by atoms with Gasteiger partial charge in [0.1, 0.15) is 0 Å². The van der Waals surface area contributed by atoms with Crippen molar-refractivity contribution in [1.82, 2.24) is 20.6 Å². The summed E-state index contributed by atoms with van der Waals surface area (Å²) in [7, 11) is 1.61. The van der Waals surface area contributed by atoms with Crippen molar-refractivity contribution < 1.29 is 14.3 Å². The van der Waals surface area contributed by atoms with Gasteiger partial charge in [0.05, 0.1) is 13.7 Å². The quantitative estimate of drug-likeness (QED) is 0.377. The van der Waals surface area contributed by atoms with Crippen LogP contribution >= 0.6 is 0 Å². The van der Waals surface area contributed by atoms with Gasteiger partial charge in [0.25, 0.3) is 0 Å². The molecule has 2 N–H and O–H groups in total. The third-order valence-corrected chi connectivity index (χ3v) is 6.26. The number of tetrazole rings is 1. The Morgan fingerprint density at radius 3 is 2.71 bits per heavy atom. The molecular formula is C27H27N5O3. The first-order valence-corrected chi connectivity index (χ1v) is 11.6. The van der Waals surface area contributed by atoms with Crippen LogP contribution in [0.2, 0.25) is 0 Å². The lowest BCUT2D eigenvalue weighted by atomic mass is 9.98. The van der Waals surface area contributed by atoms with Crippen LogP contribution in [0.15, 0.2) is 60.7 Å². The van der Waals surface area contributed by atoms with E-state index in [2.05, 4.69) is 51.1 Å². The van der Waals surface area contributed by atoms with Crippen LogP contribution in [0.5, 0.6) is 11.5 Å². The van der Waals surface area contributed by atoms with Crippen LogP contribution in [-0.4, -0.2) is 40.2 Å². The van der Waals surface area contributed by atoms with Gasteiger partial charge >= 0.3 is 0 Å². The number of aromatic nitrogens is 4. The minimum atomic E-state index is -0.0257. The van der Waals surface area contributed by atoms with Gasteiger partial charge in [0, 0.05) is 17.2 Å². The van der Waals surface area contributed by atoms with E-state index in [-0.39, 0.29) is 17.7 Å². The second kappa shape index (κ2) is 9.58. The number of carbonyl (C=O) groups excluding carboxylic acids is 1. The van der Waals surface area contributed by atoms with Gasteiger partial charge in [0.2, 0.25) is 5.91 Å². The van der Waals surface area contributed by atoms with E-state index in [0.717, 1.165) is 23.1 Å². The number of nitrogens with zero attached hydrogens (tertiary/aromatic N) is 3. The molecule has 35 heavy (non-hydrogen) atoms. The maximum absolute atomic E-state index is 13.0. The monoisotopic (exact) mass is 469 g/mol. The van der Waals surface area contributed by atoms with E-state index in [1.54, 1.807) is 7.11 Å². The molecule has 1 saturated carbocycles. The topological polar surface area (TPSA) is 102 Å². The largest absolute Gasteiger partial charge is 0.493 e. The molecule has 0 radical (unpaired) electrons. The molecule has 1 heterocycles. The number of benzene rings is 3. The number of anilines is 1. The number of carbonyl (C=O) groups is 1. The predicted molar refractivity (Wildman–Crippen MR) is 133 cm³/mol. The number of aromatic amines is 1. The van der Waals surface area contributed by atoms with Crippen LogP contribution in [0.3, 0.4) is 0 Å². The minimum absolute atomic E-state index is 0.0219. The number of hydrogen-bond donors (Lipinski definition) is 2. The number of ether oxygens (including phenoxy) is 2. The molecule has 1 fully saturated rings. The van der Waals surface area contributed by atoms with Crippen molar-refractivity contribution in [3.8, 4) is 34.0 Å². The molecule has 178 valence electrons. The van der Waals surface area contributed by atoms with Gasteiger partial charge in [-0.15, -0.1) is 5.10 Å². The normalized spacial score (nSPS) is 16.5. The zero-order valence-electron chi connectivity index (χ0n) is 19.9. The van der Waals surface area contributed by atoms with E-state index in [9.17, 15) is 4.79 Å². The molecule has 0 aliphatic heterocycles. The van der Waals surface area contributed by atoms with E-state index < -0.39 is 0 Å². The number of amides is 1. The van der Waals surface area contributed by atoms with Crippen molar-refractivity contribution in [3.05, 3.63) is 71.8 Å². The number of hydrogen-bond acceptors (Lipinski definition) is 6. The predicted octanol–water partition coefficient (Wildman–Crippen LogP) is 4.99. The Morgan fingerprint density at radius 1 is 1.09 bits per heavy atom. The Balaban J connectivity index is 1.41. The Bertz CT molecular complexity index is 1350. The molecule has 5 rings (SSSR count). The molecule has 4 aromatic rings. The van der Waals surface area contributed by atoms with Crippen LogP contribution < -0.4 is 14.8 Å². The molecule has 2 atom stereocenters. The SMILES string of the molecule is CCOc1ccc(-c2ccc(NC(=O)C3CC3c3cccc(C)c3)cc2-c2nnn[nH]2)cc1OC. The summed E-state index contributed by atoms with van der Waals surface area (Å²) in [6, 6.07) is 19.9. The third kappa shape index (κ3) is 4.73. The molecule has 0 saturated heterocycles.